The Hall–Kier alpha value is -1.58. The molecule has 2 rings (SSSR count). The van der Waals surface area contributed by atoms with Gasteiger partial charge >= 0.3 is 0 Å². The molecule has 4 heteroatoms. The average molecular weight is 294 g/mol. The van der Waals surface area contributed by atoms with E-state index in [9.17, 15) is 4.39 Å². The Balaban J connectivity index is 2.27. The van der Waals surface area contributed by atoms with Crippen molar-refractivity contribution in [2.75, 3.05) is 0 Å². The highest BCUT2D eigenvalue weighted by molar-refractivity contribution is 6.31. The molecule has 2 N–H and O–H groups in total. The lowest BCUT2D eigenvalue weighted by Crippen LogP contribution is -2.14. The van der Waals surface area contributed by atoms with E-state index >= 15 is 0 Å². The average Bonchev–Trinajstić information content (AvgIpc) is 2.38. The Labute approximate surface area is 123 Å². The second-order valence-electron chi connectivity index (χ2n) is 4.85. The van der Waals surface area contributed by atoms with E-state index in [0.29, 0.717) is 10.6 Å². The van der Waals surface area contributed by atoms with Crippen molar-refractivity contribution in [1.29, 1.82) is 0 Å². The molecule has 0 aliphatic carbocycles. The molecular weight excluding hydrogens is 277 g/mol. The zero-order chi connectivity index (χ0) is 14.7. The minimum absolute atomic E-state index is 0.107. The Bertz CT molecular complexity index is 563. The minimum atomic E-state index is -0.600. The Morgan fingerprint density at radius 2 is 1.75 bits per heavy atom. The molecule has 2 aromatic rings. The molecule has 1 atom stereocenters. The van der Waals surface area contributed by atoms with Crippen LogP contribution in [0.15, 0.2) is 42.5 Å². The molecule has 0 saturated carbocycles. The third kappa shape index (κ3) is 3.30. The highest BCUT2D eigenvalue weighted by Crippen LogP contribution is 2.29. The maximum absolute atomic E-state index is 13.8. The molecule has 20 heavy (non-hydrogen) atoms. The third-order valence-electron chi connectivity index (χ3n) is 2.92. The molecule has 0 aromatic heterocycles. The normalized spacial score (nSPS) is 12.5. The van der Waals surface area contributed by atoms with E-state index in [4.69, 9.17) is 22.1 Å². The monoisotopic (exact) mass is 293 g/mol. The first-order valence-corrected chi connectivity index (χ1v) is 6.83. The van der Waals surface area contributed by atoms with Crippen LogP contribution >= 0.6 is 11.6 Å². The minimum Gasteiger partial charge on any atom is -0.491 e. The van der Waals surface area contributed by atoms with Gasteiger partial charge in [0.2, 0.25) is 0 Å². The quantitative estimate of drug-likeness (QED) is 0.911. The van der Waals surface area contributed by atoms with Gasteiger partial charge in [0, 0.05) is 10.6 Å². The summed E-state index contributed by atoms with van der Waals surface area (Å²) in [6, 6.07) is 11.3. The number of ether oxygens (including phenoxy) is 1. The lowest BCUT2D eigenvalue weighted by atomic mass is 9.99. The second-order valence-corrected chi connectivity index (χ2v) is 5.26. The highest BCUT2D eigenvalue weighted by atomic mass is 35.5. The van der Waals surface area contributed by atoms with Crippen molar-refractivity contribution in [2.24, 2.45) is 5.73 Å². The summed E-state index contributed by atoms with van der Waals surface area (Å²) in [5, 5.41) is 0.333. The first-order valence-electron chi connectivity index (χ1n) is 6.45. The van der Waals surface area contributed by atoms with Crippen LogP contribution in [-0.4, -0.2) is 6.10 Å². The number of hydrogen-bond donors (Lipinski definition) is 1. The van der Waals surface area contributed by atoms with Gasteiger partial charge in [-0.15, -0.1) is 0 Å². The van der Waals surface area contributed by atoms with Crippen molar-refractivity contribution in [3.8, 4) is 5.75 Å². The Morgan fingerprint density at radius 3 is 2.30 bits per heavy atom. The van der Waals surface area contributed by atoms with E-state index in [1.165, 1.54) is 6.07 Å². The first kappa shape index (κ1) is 14.8. The summed E-state index contributed by atoms with van der Waals surface area (Å²) in [5.41, 5.74) is 7.20. The standard InChI is InChI=1S/C16H17ClFNO/c1-10(2)20-12-8-6-11(7-9-12)16(19)15-13(17)4-3-5-14(15)18/h3-10,16H,19H2,1-2H3. The van der Waals surface area contributed by atoms with Crippen LogP contribution in [0.2, 0.25) is 5.02 Å². The van der Waals surface area contributed by atoms with Gasteiger partial charge in [-0.05, 0) is 43.7 Å². The van der Waals surface area contributed by atoms with Gasteiger partial charge in [-0.1, -0.05) is 29.8 Å². The van der Waals surface area contributed by atoms with Gasteiger partial charge in [-0.3, -0.25) is 0 Å². The zero-order valence-corrected chi connectivity index (χ0v) is 12.2. The lowest BCUT2D eigenvalue weighted by molar-refractivity contribution is 0.242. The summed E-state index contributed by atoms with van der Waals surface area (Å²) >= 11 is 6.03. The van der Waals surface area contributed by atoms with E-state index in [1.54, 1.807) is 12.1 Å². The van der Waals surface area contributed by atoms with E-state index < -0.39 is 11.9 Å². The zero-order valence-electron chi connectivity index (χ0n) is 11.4. The summed E-state index contributed by atoms with van der Waals surface area (Å²) in [7, 11) is 0. The smallest absolute Gasteiger partial charge is 0.129 e. The van der Waals surface area contributed by atoms with Gasteiger partial charge in [0.05, 0.1) is 12.1 Å². The van der Waals surface area contributed by atoms with Gasteiger partial charge in [0.15, 0.2) is 0 Å². The fourth-order valence-corrected chi connectivity index (χ4v) is 2.28. The van der Waals surface area contributed by atoms with Crippen molar-refractivity contribution in [2.45, 2.75) is 26.0 Å². The molecule has 0 aliphatic rings. The van der Waals surface area contributed by atoms with E-state index in [2.05, 4.69) is 0 Å². The Kier molecular flexibility index (Phi) is 4.63. The number of hydrogen-bond acceptors (Lipinski definition) is 2. The number of nitrogens with two attached hydrogens (primary N) is 1. The summed E-state index contributed by atoms with van der Waals surface area (Å²) in [6.45, 7) is 3.91. The van der Waals surface area contributed by atoms with Gasteiger partial charge in [0.1, 0.15) is 11.6 Å². The van der Waals surface area contributed by atoms with Crippen LogP contribution in [0.3, 0.4) is 0 Å². The summed E-state index contributed by atoms with van der Waals surface area (Å²) < 4.78 is 19.4. The molecule has 0 saturated heterocycles. The van der Waals surface area contributed by atoms with Crippen LogP contribution < -0.4 is 10.5 Å². The fourth-order valence-electron chi connectivity index (χ4n) is 2.00. The first-order chi connectivity index (χ1) is 9.49. The fraction of sp³-hybridized carbons (Fsp3) is 0.250. The van der Waals surface area contributed by atoms with Crippen molar-refractivity contribution < 1.29 is 9.13 Å². The molecule has 106 valence electrons. The molecule has 0 aliphatic heterocycles. The van der Waals surface area contributed by atoms with Gasteiger partial charge in [-0.25, -0.2) is 4.39 Å². The molecule has 2 aromatic carbocycles. The highest BCUT2D eigenvalue weighted by Gasteiger charge is 2.17. The lowest BCUT2D eigenvalue weighted by Gasteiger charge is -2.16. The molecule has 0 fully saturated rings. The summed E-state index contributed by atoms with van der Waals surface area (Å²) in [6.07, 6.45) is 0.107. The SMILES string of the molecule is CC(C)Oc1ccc(C(N)c2c(F)cccc2Cl)cc1. The maximum Gasteiger partial charge on any atom is 0.129 e. The van der Waals surface area contributed by atoms with Crippen LogP contribution in [0.5, 0.6) is 5.75 Å². The molecule has 0 bridgehead atoms. The topological polar surface area (TPSA) is 35.2 Å². The van der Waals surface area contributed by atoms with Crippen LogP contribution in [0, 0.1) is 5.82 Å². The second kappa shape index (κ2) is 6.25. The van der Waals surface area contributed by atoms with Crippen LogP contribution in [0.1, 0.15) is 31.0 Å². The number of rotatable bonds is 4. The van der Waals surface area contributed by atoms with Crippen LogP contribution in [-0.2, 0) is 0 Å². The largest absolute Gasteiger partial charge is 0.491 e. The van der Waals surface area contributed by atoms with Gasteiger partial charge in [-0.2, -0.15) is 0 Å². The molecule has 0 radical (unpaired) electrons. The summed E-state index contributed by atoms with van der Waals surface area (Å²) in [4.78, 5) is 0. The molecule has 1 unspecified atom stereocenters. The molecular formula is C16H17ClFNO. The van der Waals surface area contributed by atoms with Gasteiger partial charge in [0.25, 0.3) is 0 Å². The maximum atomic E-state index is 13.8. The van der Waals surface area contributed by atoms with E-state index in [0.717, 1.165) is 11.3 Å². The van der Waals surface area contributed by atoms with Crippen molar-refractivity contribution in [3.63, 3.8) is 0 Å². The number of benzene rings is 2. The third-order valence-corrected chi connectivity index (χ3v) is 3.25. The molecule has 0 amide bonds. The van der Waals surface area contributed by atoms with Crippen molar-refractivity contribution in [3.05, 3.63) is 64.4 Å². The van der Waals surface area contributed by atoms with Crippen molar-refractivity contribution >= 4 is 11.6 Å². The van der Waals surface area contributed by atoms with Gasteiger partial charge < -0.3 is 10.5 Å². The number of halogens is 2. The van der Waals surface area contributed by atoms with E-state index in [-0.39, 0.29) is 6.10 Å². The van der Waals surface area contributed by atoms with Crippen LogP contribution in [0.25, 0.3) is 0 Å². The molecule has 0 spiro atoms. The van der Waals surface area contributed by atoms with Crippen LogP contribution in [0.4, 0.5) is 4.39 Å². The predicted molar refractivity (Wildman–Crippen MR) is 79.6 cm³/mol. The Morgan fingerprint density at radius 1 is 1.10 bits per heavy atom. The molecule has 0 heterocycles. The summed E-state index contributed by atoms with van der Waals surface area (Å²) in [5.74, 6) is 0.364. The predicted octanol–water partition coefficient (Wildman–Crippen LogP) is 4.31. The molecule has 2 nitrogen and oxygen atoms in total. The van der Waals surface area contributed by atoms with Crippen molar-refractivity contribution in [1.82, 2.24) is 0 Å². The van der Waals surface area contributed by atoms with E-state index in [1.807, 2.05) is 38.1 Å².